The zero-order chi connectivity index (χ0) is 17.1. The molecular weight excluding hydrogens is 313 g/mol. The Morgan fingerprint density at radius 2 is 2.26 bits per heavy atom. The number of aliphatic hydroxyl groups is 1. The highest BCUT2D eigenvalue weighted by molar-refractivity contribution is 5.81. The summed E-state index contributed by atoms with van der Waals surface area (Å²) in [4.78, 5) is 15.5. The minimum atomic E-state index is -4.89. The van der Waals surface area contributed by atoms with Crippen LogP contribution in [0.3, 0.4) is 0 Å². The molecule has 3 N–H and O–H groups in total. The third-order valence-corrected chi connectivity index (χ3v) is 4.07. The van der Waals surface area contributed by atoms with Crippen LogP contribution in [0, 0.1) is 0 Å². The van der Waals surface area contributed by atoms with Crippen molar-refractivity contribution < 1.29 is 23.1 Å². The minimum absolute atomic E-state index is 0.292. The molecule has 1 amide bonds. The summed E-state index contributed by atoms with van der Waals surface area (Å²) in [7, 11) is 1.38. The van der Waals surface area contributed by atoms with Crippen molar-refractivity contribution in [3.63, 3.8) is 0 Å². The van der Waals surface area contributed by atoms with Gasteiger partial charge in [0.2, 0.25) is 11.5 Å². The molecule has 0 aliphatic carbocycles. The van der Waals surface area contributed by atoms with E-state index in [2.05, 4.69) is 15.6 Å². The smallest absolute Gasteiger partial charge is 0.374 e. The lowest BCUT2D eigenvalue weighted by atomic mass is 9.97. The molecule has 1 aromatic heterocycles. The van der Waals surface area contributed by atoms with E-state index < -0.39 is 24.0 Å². The molecule has 2 atom stereocenters. The van der Waals surface area contributed by atoms with Crippen LogP contribution in [0.1, 0.15) is 31.5 Å². The number of amides is 1. The van der Waals surface area contributed by atoms with Crippen LogP contribution in [0.5, 0.6) is 0 Å². The van der Waals surface area contributed by atoms with E-state index in [0.29, 0.717) is 6.42 Å². The average molecular weight is 334 g/mol. The van der Waals surface area contributed by atoms with Crippen LogP contribution in [0.2, 0.25) is 0 Å². The molecule has 130 valence electrons. The highest BCUT2D eigenvalue weighted by Gasteiger charge is 2.57. The van der Waals surface area contributed by atoms with Gasteiger partial charge in [-0.25, -0.2) is 4.98 Å². The summed E-state index contributed by atoms with van der Waals surface area (Å²) >= 11 is 0. The number of piperidine rings is 1. The second-order valence-electron chi connectivity index (χ2n) is 5.76. The molecule has 0 unspecified atom stereocenters. The van der Waals surface area contributed by atoms with Gasteiger partial charge in [-0.2, -0.15) is 13.2 Å². The summed E-state index contributed by atoms with van der Waals surface area (Å²) in [6.07, 6.45) is -0.511. The van der Waals surface area contributed by atoms with E-state index in [0.717, 1.165) is 24.0 Å². The maximum absolute atomic E-state index is 13.3. The van der Waals surface area contributed by atoms with Gasteiger partial charge in [0.1, 0.15) is 5.82 Å². The summed E-state index contributed by atoms with van der Waals surface area (Å²) in [5, 5.41) is 15.6. The maximum Gasteiger partial charge on any atom is 0.424 e. The Morgan fingerprint density at radius 3 is 2.78 bits per heavy atom. The minimum Gasteiger partial charge on any atom is -0.374 e. The normalized spacial score (nSPS) is 21.7. The molecule has 0 radical (unpaired) electrons. The van der Waals surface area contributed by atoms with Gasteiger partial charge in [0.25, 0.3) is 0 Å². The summed E-state index contributed by atoms with van der Waals surface area (Å²) in [6.45, 7) is 0.428. The number of nitrogens with one attached hydrogen (secondary N) is 2. The SMILES string of the molecule is Cn1ccnc1[C@](O)(CCNC(=O)[C@H]1CCCCN1)C(F)(F)F. The number of hydrogen-bond donors (Lipinski definition) is 3. The van der Waals surface area contributed by atoms with E-state index in [1.54, 1.807) is 0 Å². The van der Waals surface area contributed by atoms with Gasteiger partial charge in [-0.05, 0) is 19.4 Å². The highest BCUT2D eigenvalue weighted by atomic mass is 19.4. The van der Waals surface area contributed by atoms with Crippen LogP contribution in [-0.4, -0.2) is 45.9 Å². The van der Waals surface area contributed by atoms with Gasteiger partial charge in [-0.1, -0.05) is 6.42 Å². The van der Waals surface area contributed by atoms with Crippen molar-refractivity contribution in [3.05, 3.63) is 18.2 Å². The van der Waals surface area contributed by atoms with Crippen molar-refractivity contribution in [2.24, 2.45) is 7.05 Å². The zero-order valence-electron chi connectivity index (χ0n) is 12.9. The Balaban J connectivity index is 2.00. The third kappa shape index (κ3) is 3.84. The summed E-state index contributed by atoms with van der Waals surface area (Å²) in [6, 6.07) is -0.379. The van der Waals surface area contributed by atoms with Crippen LogP contribution in [0.25, 0.3) is 0 Å². The lowest BCUT2D eigenvalue weighted by molar-refractivity contribution is -0.272. The predicted octanol–water partition coefficient (Wildman–Crippen LogP) is 0.818. The molecule has 9 heteroatoms. The van der Waals surface area contributed by atoms with E-state index in [-0.39, 0.29) is 18.5 Å². The number of halogens is 3. The molecule has 2 rings (SSSR count). The molecule has 6 nitrogen and oxygen atoms in total. The van der Waals surface area contributed by atoms with Crippen molar-refractivity contribution in [3.8, 4) is 0 Å². The lowest BCUT2D eigenvalue weighted by Gasteiger charge is -2.30. The van der Waals surface area contributed by atoms with Crippen LogP contribution >= 0.6 is 0 Å². The highest BCUT2D eigenvalue weighted by Crippen LogP contribution is 2.40. The predicted molar refractivity (Wildman–Crippen MR) is 76.4 cm³/mol. The van der Waals surface area contributed by atoms with Crippen LogP contribution in [0.4, 0.5) is 13.2 Å². The monoisotopic (exact) mass is 334 g/mol. The molecule has 1 saturated heterocycles. The maximum atomic E-state index is 13.3. The van der Waals surface area contributed by atoms with Gasteiger partial charge < -0.3 is 20.3 Å². The van der Waals surface area contributed by atoms with Gasteiger partial charge in [-0.15, -0.1) is 0 Å². The number of carbonyl (C=O) groups is 1. The first-order valence-corrected chi connectivity index (χ1v) is 7.54. The summed E-state index contributed by atoms with van der Waals surface area (Å²) in [5.41, 5.74) is -3.10. The number of carbonyl (C=O) groups excluding carboxylic acids is 1. The molecule has 0 saturated carbocycles. The van der Waals surface area contributed by atoms with E-state index in [9.17, 15) is 23.1 Å². The first-order chi connectivity index (χ1) is 10.8. The van der Waals surface area contributed by atoms with Crippen LogP contribution in [0.15, 0.2) is 12.4 Å². The molecule has 0 bridgehead atoms. The number of aryl methyl sites for hydroxylation is 1. The summed E-state index contributed by atoms with van der Waals surface area (Å²) in [5.74, 6) is -0.830. The van der Waals surface area contributed by atoms with E-state index in [4.69, 9.17) is 0 Å². The Labute approximate surface area is 132 Å². The first-order valence-electron chi connectivity index (χ1n) is 7.54. The van der Waals surface area contributed by atoms with Crippen molar-refractivity contribution in [1.29, 1.82) is 0 Å². The van der Waals surface area contributed by atoms with Gasteiger partial charge in [0.05, 0.1) is 6.04 Å². The molecule has 1 aliphatic rings. The number of hydrogen-bond acceptors (Lipinski definition) is 4. The van der Waals surface area contributed by atoms with Gasteiger partial charge in [-0.3, -0.25) is 4.79 Å². The van der Waals surface area contributed by atoms with Gasteiger partial charge >= 0.3 is 6.18 Å². The molecular formula is C14H21F3N4O2. The fourth-order valence-electron chi connectivity index (χ4n) is 2.71. The average Bonchev–Trinajstić information content (AvgIpc) is 2.93. The van der Waals surface area contributed by atoms with Gasteiger partial charge in [0.15, 0.2) is 0 Å². The molecule has 1 aliphatic heterocycles. The van der Waals surface area contributed by atoms with Crippen molar-refractivity contribution in [2.45, 2.75) is 43.5 Å². The number of aromatic nitrogens is 2. The molecule has 2 heterocycles. The second-order valence-corrected chi connectivity index (χ2v) is 5.76. The Bertz CT molecular complexity index is 540. The standard InChI is InChI=1S/C14H21F3N4O2/c1-21-9-8-20-12(21)13(23,14(15,16)17)5-7-19-11(22)10-4-2-3-6-18-10/h8-10,18,23H,2-7H2,1H3,(H,19,22)/t10-,13-/m1/s1. The first kappa shape index (κ1) is 17.7. The van der Waals surface area contributed by atoms with E-state index in [1.807, 2.05) is 0 Å². The fourth-order valence-corrected chi connectivity index (χ4v) is 2.71. The topological polar surface area (TPSA) is 79.2 Å². The van der Waals surface area contributed by atoms with E-state index in [1.165, 1.54) is 19.4 Å². The van der Waals surface area contributed by atoms with Crippen LogP contribution in [-0.2, 0) is 17.4 Å². The zero-order valence-corrected chi connectivity index (χ0v) is 12.9. The quantitative estimate of drug-likeness (QED) is 0.745. The Kier molecular flexibility index (Phi) is 5.30. The van der Waals surface area contributed by atoms with Crippen molar-refractivity contribution in [2.75, 3.05) is 13.1 Å². The molecule has 0 aromatic carbocycles. The largest absolute Gasteiger partial charge is 0.424 e. The molecule has 1 fully saturated rings. The third-order valence-electron chi connectivity index (χ3n) is 4.07. The number of nitrogens with zero attached hydrogens (tertiary/aromatic N) is 2. The molecule has 0 spiro atoms. The lowest BCUT2D eigenvalue weighted by Crippen LogP contribution is -2.50. The molecule has 23 heavy (non-hydrogen) atoms. The fraction of sp³-hybridized carbons (Fsp3) is 0.714. The summed E-state index contributed by atoms with van der Waals surface area (Å²) < 4.78 is 41.0. The van der Waals surface area contributed by atoms with Gasteiger partial charge in [0, 0.05) is 32.4 Å². The second kappa shape index (κ2) is 6.88. The molecule has 1 aromatic rings. The van der Waals surface area contributed by atoms with E-state index >= 15 is 0 Å². The van der Waals surface area contributed by atoms with Crippen LogP contribution < -0.4 is 10.6 Å². The number of alkyl halides is 3. The van der Waals surface area contributed by atoms with Crippen molar-refractivity contribution >= 4 is 5.91 Å². The number of imidazole rings is 1. The Morgan fingerprint density at radius 1 is 1.52 bits per heavy atom. The number of rotatable bonds is 5. The van der Waals surface area contributed by atoms with Crippen molar-refractivity contribution in [1.82, 2.24) is 20.2 Å². The Hall–Kier alpha value is -1.61.